The second-order valence-electron chi connectivity index (χ2n) is 9.08. The number of hydrogen-bond donors (Lipinski definition) is 0. The number of aryl methyl sites for hydroxylation is 2. The lowest BCUT2D eigenvalue weighted by Crippen LogP contribution is -2.34. The molecule has 26 heavy (non-hydrogen) atoms. The van der Waals surface area contributed by atoms with Gasteiger partial charge in [-0.1, -0.05) is 25.1 Å². The molecule has 3 aliphatic carbocycles. The van der Waals surface area contributed by atoms with E-state index in [1.54, 1.807) is 11.1 Å². The molecule has 1 aromatic rings. The van der Waals surface area contributed by atoms with E-state index in [0.29, 0.717) is 5.92 Å². The number of rotatable bonds is 3. The molecular weight excluding hydrogens is 326 g/mol. The average Bonchev–Trinajstić information content (AvgIpc) is 2.66. The van der Waals surface area contributed by atoms with Crippen LogP contribution in [0.15, 0.2) is 30.4 Å². The van der Waals surface area contributed by atoms with Gasteiger partial charge in [0.05, 0.1) is 0 Å². The molecule has 0 nitrogen and oxygen atoms in total. The molecule has 0 saturated heterocycles. The van der Waals surface area contributed by atoms with Gasteiger partial charge >= 0.3 is 0 Å². The predicted molar refractivity (Wildman–Crippen MR) is 103 cm³/mol. The monoisotopic (exact) mass is 358 g/mol. The number of benzene rings is 1. The second-order valence-corrected chi connectivity index (χ2v) is 9.08. The summed E-state index contributed by atoms with van der Waals surface area (Å²) in [6, 6.07) is 7.13. The smallest absolute Gasteiger partial charge is 0.174 e. The highest BCUT2D eigenvalue weighted by atomic mass is 19.3. The fraction of sp³-hybridized carbons (Fsp3) is 0.667. The minimum atomic E-state index is -1.48. The van der Waals surface area contributed by atoms with Gasteiger partial charge in [-0.15, -0.1) is 0 Å². The molecule has 0 N–H and O–H groups in total. The summed E-state index contributed by atoms with van der Waals surface area (Å²) in [5.74, 6) is 3.33. The van der Waals surface area contributed by atoms with Crippen molar-refractivity contribution in [2.45, 2.75) is 71.1 Å². The van der Waals surface area contributed by atoms with Crippen LogP contribution in [0.25, 0.3) is 0 Å². The number of fused-ring (bicyclic) bond motifs is 2. The van der Waals surface area contributed by atoms with Crippen molar-refractivity contribution in [3.8, 4) is 0 Å². The van der Waals surface area contributed by atoms with E-state index in [-0.39, 0.29) is 5.92 Å². The van der Waals surface area contributed by atoms with E-state index in [0.717, 1.165) is 37.0 Å². The summed E-state index contributed by atoms with van der Waals surface area (Å²) >= 11 is 0. The van der Waals surface area contributed by atoms with E-state index in [1.165, 1.54) is 56.6 Å². The molecule has 3 aliphatic rings. The van der Waals surface area contributed by atoms with Gasteiger partial charge in [0, 0.05) is 0 Å². The predicted octanol–water partition coefficient (Wildman–Crippen LogP) is 6.97. The maximum atomic E-state index is 12.6. The molecule has 0 aliphatic heterocycles. The van der Waals surface area contributed by atoms with Crippen molar-refractivity contribution in [2.75, 3.05) is 0 Å². The van der Waals surface area contributed by atoms with Gasteiger partial charge in [0.2, 0.25) is 0 Å². The Kier molecular flexibility index (Phi) is 5.47. The van der Waals surface area contributed by atoms with E-state index in [1.807, 2.05) is 0 Å². The van der Waals surface area contributed by atoms with Gasteiger partial charge < -0.3 is 0 Å². The first-order valence-corrected chi connectivity index (χ1v) is 10.8. The molecule has 1 aromatic carbocycles. The summed E-state index contributed by atoms with van der Waals surface area (Å²) in [6.45, 7) is 2.23. The van der Waals surface area contributed by atoms with Crippen molar-refractivity contribution in [1.82, 2.24) is 0 Å². The number of allylic oxidation sites excluding steroid dienone is 1. The highest BCUT2D eigenvalue weighted by molar-refractivity contribution is 5.34. The fourth-order valence-electron chi connectivity index (χ4n) is 6.18. The SMILES string of the molecule is CCc1ccc2c(c1)CCC(C1CCC3CC(C=C(F)F)CCC3C1)C2. The Morgan fingerprint density at radius 3 is 2.42 bits per heavy atom. The summed E-state index contributed by atoms with van der Waals surface area (Å²) in [7, 11) is 0. The highest BCUT2D eigenvalue weighted by Crippen LogP contribution is 2.48. The number of hydrogen-bond acceptors (Lipinski definition) is 0. The van der Waals surface area contributed by atoms with Crippen LogP contribution in [0.2, 0.25) is 0 Å². The normalized spacial score (nSPS) is 33.9. The second kappa shape index (κ2) is 7.82. The van der Waals surface area contributed by atoms with Crippen molar-refractivity contribution >= 4 is 0 Å². The lowest BCUT2D eigenvalue weighted by atomic mass is 9.61. The van der Waals surface area contributed by atoms with Gasteiger partial charge in [-0.2, -0.15) is 8.78 Å². The van der Waals surface area contributed by atoms with Crippen molar-refractivity contribution in [2.24, 2.45) is 29.6 Å². The molecule has 0 aromatic heterocycles. The average molecular weight is 359 g/mol. The molecule has 0 heterocycles. The summed E-state index contributed by atoms with van der Waals surface area (Å²) in [6.07, 6.45) is 11.8. The zero-order valence-electron chi connectivity index (χ0n) is 16.0. The Bertz CT molecular complexity index is 658. The van der Waals surface area contributed by atoms with Gasteiger partial charge in [0.15, 0.2) is 0 Å². The minimum absolute atomic E-state index is 0.132. The molecule has 0 radical (unpaired) electrons. The molecular formula is C24H32F2. The first kappa shape index (κ1) is 18.2. The minimum Gasteiger partial charge on any atom is -0.174 e. The molecule has 0 spiro atoms. The lowest BCUT2D eigenvalue weighted by Gasteiger charge is -2.44. The molecule has 0 bridgehead atoms. The number of halogens is 2. The van der Waals surface area contributed by atoms with Crippen LogP contribution in [0.4, 0.5) is 8.78 Å². The first-order chi connectivity index (χ1) is 12.6. The van der Waals surface area contributed by atoms with Crippen LogP contribution in [0.5, 0.6) is 0 Å². The topological polar surface area (TPSA) is 0 Å². The van der Waals surface area contributed by atoms with E-state index in [9.17, 15) is 8.78 Å². The standard InChI is InChI=1S/C24H32F2/c1-2-16-3-5-20-14-22(9-7-18(20)11-16)23-10-8-19-12-17(13-24(25)26)4-6-21(19)15-23/h3,5,11,13,17,19,21-23H,2,4,6-10,12,14-15H2,1H3. The lowest BCUT2D eigenvalue weighted by molar-refractivity contribution is 0.0803. The summed E-state index contributed by atoms with van der Waals surface area (Å²) in [5.41, 5.74) is 4.65. The fourth-order valence-corrected chi connectivity index (χ4v) is 6.18. The van der Waals surface area contributed by atoms with Crippen LogP contribution in [-0.2, 0) is 19.3 Å². The van der Waals surface area contributed by atoms with Gasteiger partial charge in [0.25, 0.3) is 6.08 Å². The van der Waals surface area contributed by atoms with E-state index >= 15 is 0 Å². The maximum Gasteiger partial charge on any atom is 0.266 e. The van der Waals surface area contributed by atoms with Crippen molar-refractivity contribution in [3.63, 3.8) is 0 Å². The summed E-state index contributed by atoms with van der Waals surface area (Å²) in [5, 5.41) is 0. The van der Waals surface area contributed by atoms with Crippen molar-refractivity contribution in [1.29, 1.82) is 0 Å². The van der Waals surface area contributed by atoms with Crippen LogP contribution in [0, 0.1) is 29.6 Å². The molecule has 2 fully saturated rings. The van der Waals surface area contributed by atoms with Crippen LogP contribution < -0.4 is 0 Å². The quantitative estimate of drug-likeness (QED) is 0.547. The third-order valence-electron chi connectivity index (χ3n) is 7.67. The zero-order chi connectivity index (χ0) is 18.1. The highest BCUT2D eigenvalue weighted by Gasteiger charge is 2.38. The largest absolute Gasteiger partial charge is 0.266 e. The van der Waals surface area contributed by atoms with Gasteiger partial charge in [-0.3, -0.25) is 0 Å². The molecule has 5 atom stereocenters. The molecule has 2 heteroatoms. The summed E-state index contributed by atoms with van der Waals surface area (Å²) in [4.78, 5) is 0. The Labute approximate surface area is 157 Å². The third-order valence-corrected chi connectivity index (χ3v) is 7.67. The van der Waals surface area contributed by atoms with Crippen molar-refractivity contribution in [3.05, 3.63) is 47.0 Å². The Hall–Kier alpha value is -1.18. The van der Waals surface area contributed by atoms with E-state index in [4.69, 9.17) is 0 Å². The van der Waals surface area contributed by atoms with E-state index in [2.05, 4.69) is 25.1 Å². The Morgan fingerprint density at radius 1 is 0.923 bits per heavy atom. The molecule has 2 saturated carbocycles. The molecule has 142 valence electrons. The Balaban J connectivity index is 1.37. The van der Waals surface area contributed by atoms with Gasteiger partial charge in [-0.05, 0) is 117 Å². The first-order valence-electron chi connectivity index (χ1n) is 10.8. The van der Waals surface area contributed by atoms with Crippen LogP contribution in [0.3, 0.4) is 0 Å². The third kappa shape index (κ3) is 3.89. The van der Waals surface area contributed by atoms with Crippen LogP contribution >= 0.6 is 0 Å². The molecule has 4 rings (SSSR count). The molecule has 5 unspecified atom stereocenters. The van der Waals surface area contributed by atoms with Gasteiger partial charge in [-0.25, -0.2) is 0 Å². The van der Waals surface area contributed by atoms with Gasteiger partial charge in [0.1, 0.15) is 0 Å². The molecule has 0 amide bonds. The summed E-state index contributed by atoms with van der Waals surface area (Å²) < 4.78 is 25.2. The zero-order valence-corrected chi connectivity index (χ0v) is 16.0. The van der Waals surface area contributed by atoms with Crippen LogP contribution in [0.1, 0.15) is 68.6 Å². The van der Waals surface area contributed by atoms with Crippen molar-refractivity contribution < 1.29 is 8.78 Å². The van der Waals surface area contributed by atoms with E-state index < -0.39 is 6.08 Å². The van der Waals surface area contributed by atoms with Crippen LogP contribution in [-0.4, -0.2) is 0 Å². The Morgan fingerprint density at radius 2 is 1.65 bits per heavy atom. The maximum absolute atomic E-state index is 12.6.